The molecule has 1 aliphatic rings. The first kappa shape index (κ1) is 13.1. The molecule has 1 aromatic heterocycles. The fourth-order valence-corrected chi connectivity index (χ4v) is 2.39. The Morgan fingerprint density at radius 3 is 2.67 bits per heavy atom. The molecule has 1 aromatic rings. The fourth-order valence-electron chi connectivity index (χ4n) is 2.39. The zero-order valence-electron chi connectivity index (χ0n) is 10.3. The quantitative estimate of drug-likeness (QED) is 0.744. The van der Waals surface area contributed by atoms with Gasteiger partial charge in [0.25, 0.3) is 0 Å². The van der Waals surface area contributed by atoms with E-state index >= 15 is 0 Å². The van der Waals surface area contributed by atoms with Gasteiger partial charge in [0, 0.05) is 6.54 Å². The third-order valence-electron chi connectivity index (χ3n) is 3.41. The molecule has 1 aliphatic carbocycles. The highest BCUT2D eigenvalue weighted by Crippen LogP contribution is 2.27. The summed E-state index contributed by atoms with van der Waals surface area (Å²) in [5.74, 6) is -0.540. The topological polar surface area (TPSA) is 82.7 Å². The molecule has 2 rings (SSSR count). The summed E-state index contributed by atoms with van der Waals surface area (Å²) in [4.78, 5) is 10.6. The molecule has 0 atom stereocenters. The molecule has 1 saturated carbocycles. The van der Waals surface area contributed by atoms with Crippen LogP contribution in [0.3, 0.4) is 0 Å². The monoisotopic (exact) mass is 253 g/mol. The standard InChI is InChI=1S/C13H19NO4/c15-12(16)11-5-4-10(18-11)8-14-9-13(17)6-2-1-3-7-13/h4-5,14,17H,1-3,6-9H2,(H,15,16). The Morgan fingerprint density at radius 1 is 1.33 bits per heavy atom. The SMILES string of the molecule is O=C(O)c1ccc(CNCC2(O)CCCCC2)o1. The fraction of sp³-hybridized carbons (Fsp3) is 0.615. The molecular weight excluding hydrogens is 234 g/mol. The Bertz CT molecular complexity index is 407. The van der Waals surface area contributed by atoms with E-state index < -0.39 is 11.6 Å². The van der Waals surface area contributed by atoms with Gasteiger partial charge in [-0.1, -0.05) is 19.3 Å². The molecule has 0 amide bonds. The van der Waals surface area contributed by atoms with Crippen molar-refractivity contribution < 1.29 is 19.4 Å². The van der Waals surface area contributed by atoms with Gasteiger partial charge in [0.15, 0.2) is 0 Å². The zero-order valence-corrected chi connectivity index (χ0v) is 10.3. The lowest BCUT2D eigenvalue weighted by Crippen LogP contribution is -2.41. The summed E-state index contributed by atoms with van der Waals surface area (Å²) in [7, 11) is 0. The van der Waals surface area contributed by atoms with Gasteiger partial charge in [0.1, 0.15) is 5.76 Å². The molecule has 0 spiro atoms. The van der Waals surface area contributed by atoms with Crippen LogP contribution >= 0.6 is 0 Å². The number of carboxylic acid groups (broad SMARTS) is 1. The molecule has 1 fully saturated rings. The Hall–Kier alpha value is -1.33. The molecule has 0 aromatic carbocycles. The Morgan fingerprint density at radius 2 is 2.06 bits per heavy atom. The van der Waals surface area contributed by atoms with E-state index in [1.54, 1.807) is 6.07 Å². The van der Waals surface area contributed by atoms with Gasteiger partial charge in [0.2, 0.25) is 5.76 Å². The molecular formula is C13H19NO4. The first-order valence-electron chi connectivity index (χ1n) is 6.34. The van der Waals surface area contributed by atoms with Crippen LogP contribution in [0.15, 0.2) is 16.5 Å². The Labute approximate surface area is 106 Å². The minimum atomic E-state index is -1.06. The zero-order chi connectivity index (χ0) is 13.0. The second-order valence-corrected chi connectivity index (χ2v) is 4.96. The van der Waals surface area contributed by atoms with Crippen LogP contribution in [0.25, 0.3) is 0 Å². The second-order valence-electron chi connectivity index (χ2n) is 4.96. The molecule has 18 heavy (non-hydrogen) atoms. The van der Waals surface area contributed by atoms with E-state index in [1.807, 2.05) is 0 Å². The third-order valence-corrected chi connectivity index (χ3v) is 3.41. The van der Waals surface area contributed by atoms with Crippen molar-refractivity contribution in [1.82, 2.24) is 5.32 Å². The number of nitrogens with one attached hydrogen (secondary N) is 1. The van der Waals surface area contributed by atoms with Gasteiger partial charge >= 0.3 is 5.97 Å². The van der Waals surface area contributed by atoms with Crippen LogP contribution in [0.5, 0.6) is 0 Å². The summed E-state index contributed by atoms with van der Waals surface area (Å²) in [5, 5.41) is 22.1. The average molecular weight is 253 g/mol. The van der Waals surface area contributed by atoms with Crippen LogP contribution in [-0.4, -0.2) is 28.3 Å². The molecule has 1 heterocycles. The van der Waals surface area contributed by atoms with E-state index in [1.165, 1.54) is 12.5 Å². The molecule has 5 heteroatoms. The smallest absolute Gasteiger partial charge is 0.371 e. The number of hydrogen-bond donors (Lipinski definition) is 3. The predicted molar refractivity (Wildman–Crippen MR) is 65.4 cm³/mol. The highest BCUT2D eigenvalue weighted by atomic mass is 16.4. The van der Waals surface area contributed by atoms with Crippen molar-refractivity contribution >= 4 is 5.97 Å². The van der Waals surface area contributed by atoms with Crippen molar-refractivity contribution in [3.63, 3.8) is 0 Å². The third kappa shape index (κ3) is 3.34. The van der Waals surface area contributed by atoms with Gasteiger partial charge < -0.3 is 19.9 Å². The van der Waals surface area contributed by atoms with Crippen molar-refractivity contribution in [2.24, 2.45) is 0 Å². The van der Waals surface area contributed by atoms with Crippen LogP contribution in [0.2, 0.25) is 0 Å². The number of carbonyl (C=O) groups is 1. The van der Waals surface area contributed by atoms with E-state index in [0.29, 0.717) is 18.8 Å². The highest BCUT2D eigenvalue weighted by Gasteiger charge is 2.28. The summed E-state index contributed by atoms with van der Waals surface area (Å²) in [6.45, 7) is 0.964. The first-order chi connectivity index (χ1) is 8.59. The molecule has 0 radical (unpaired) electrons. The predicted octanol–water partition coefficient (Wildman–Crippen LogP) is 1.76. The molecule has 5 nitrogen and oxygen atoms in total. The normalized spacial score (nSPS) is 18.7. The van der Waals surface area contributed by atoms with Crippen molar-refractivity contribution in [3.05, 3.63) is 23.7 Å². The van der Waals surface area contributed by atoms with Gasteiger partial charge in [-0.25, -0.2) is 4.79 Å². The summed E-state index contributed by atoms with van der Waals surface area (Å²) < 4.78 is 5.12. The van der Waals surface area contributed by atoms with Crippen LogP contribution < -0.4 is 5.32 Å². The van der Waals surface area contributed by atoms with Crippen molar-refractivity contribution in [1.29, 1.82) is 0 Å². The van der Waals surface area contributed by atoms with Crippen LogP contribution in [0, 0.1) is 0 Å². The van der Waals surface area contributed by atoms with Crippen LogP contribution in [0.4, 0.5) is 0 Å². The maximum absolute atomic E-state index is 10.6. The lowest BCUT2D eigenvalue weighted by molar-refractivity contribution is 0.00433. The number of carboxylic acids is 1. The molecule has 3 N–H and O–H groups in total. The van der Waals surface area contributed by atoms with E-state index in [-0.39, 0.29) is 5.76 Å². The second kappa shape index (κ2) is 5.54. The molecule has 0 saturated heterocycles. The summed E-state index contributed by atoms with van der Waals surface area (Å²) >= 11 is 0. The van der Waals surface area contributed by atoms with Crippen molar-refractivity contribution in [2.45, 2.75) is 44.2 Å². The number of aromatic carboxylic acids is 1. The maximum Gasteiger partial charge on any atom is 0.371 e. The van der Waals surface area contributed by atoms with E-state index in [4.69, 9.17) is 9.52 Å². The largest absolute Gasteiger partial charge is 0.475 e. The molecule has 0 bridgehead atoms. The van der Waals surface area contributed by atoms with Crippen molar-refractivity contribution in [2.75, 3.05) is 6.54 Å². The molecule has 0 unspecified atom stereocenters. The first-order valence-corrected chi connectivity index (χ1v) is 6.34. The van der Waals surface area contributed by atoms with Gasteiger partial charge in [-0.2, -0.15) is 0 Å². The minimum absolute atomic E-state index is 0.0526. The number of rotatable bonds is 5. The van der Waals surface area contributed by atoms with E-state index in [0.717, 1.165) is 25.7 Å². The van der Waals surface area contributed by atoms with Gasteiger partial charge in [-0.15, -0.1) is 0 Å². The molecule has 0 aliphatic heterocycles. The van der Waals surface area contributed by atoms with Crippen LogP contribution in [-0.2, 0) is 6.54 Å². The maximum atomic E-state index is 10.6. The van der Waals surface area contributed by atoms with Gasteiger partial charge in [-0.05, 0) is 25.0 Å². The number of furan rings is 1. The summed E-state index contributed by atoms with van der Waals surface area (Å²) in [5.41, 5.74) is -0.611. The van der Waals surface area contributed by atoms with Crippen LogP contribution in [0.1, 0.15) is 48.4 Å². The Balaban J connectivity index is 1.78. The highest BCUT2D eigenvalue weighted by molar-refractivity contribution is 5.84. The molecule has 100 valence electrons. The lowest BCUT2D eigenvalue weighted by Gasteiger charge is -2.32. The minimum Gasteiger partial charge on any atom is -0.475 e. The van der Waals surface area contributed by atoms with Gasteiger partial charge in [-0.3, -0.25) is 0 Å². The van der Waals surface area contributed by atoms with Gasteiger partial charge in [0.05, 0.1) is 12.1 Å². The van der Waals surface area contributed by atoms with E-state index in [2.05, 4.69) is 5.32 Å². The van der Waals surface area contributed by atoms with Crippen molar-refractivity contribution in [3.8, 4) is 0 Å². The average Bonchev–Trinajstić information content (AvgIpc) is 2.78. The number of aliphatic hydroxyl groups is 1. The Kier molecular flexibility index (Phi) is 4.04. The lowest BCUT2D eigenvalue weighted by atomic mass is 9.85. The number of hydrogen-bond acceptors (Lipinski definition) is 4. The summed E-state index contributed by atoms with van der Waals surface area (Å²) in [6, 6.07) is 3.08. The van der Waals surface area contributed by atoms with E-state index in [9.17, 15) is 9.90 Å². The summed E-state index contributed by atoms with van der Waals surface area (Å²) in [6.07, 6.45) is 5.00.